The summed E-state index contributed by atoms with van der Waals surface area (Å²) in [5.41, 5.74) is 0.721. The van der Waals surface area contributed by atoms with Gasteiger partial charge in [-0.15, -0.1) is 0 Å². The third-order valence-corrected chi connectivity index (χ3v) is 2.72. The molecule has 0 N–H and O–H groups in total. The molecule has 0 spiro atoms. The first-order valence-electron chi connectivity index (χ1n) is 4.91. The van der Waals surface area contributed by atoms with Crippen molar-refractivity contribution >= 4 is 11.6 Å². The van der Waals surface area contributed by atoms with E-state index in [1.165, 1.54) is 37.4 Å². The van der Waals surface area contributed by atoms with Crippen molar-refractivity contribution in [2.45, 2.75) is 0 Å². The summed E-state index contributed by atoms with van der Waals surface area (Å²) < 4.78 is 31.7. The first kappa shape index (κ1) is 11.9. The van der Waals surface area contributed by atoms with E-state index in [0.717, 1.165) is 0 Å². The molecule has 2 aromatic carbocycles. The number of ether oxygens (including phenoxy) is 1. The fraction of sp³-hybridized carbons (Fsp3) is 0.0769. The monoisotopic (exact) mass is 254 g/mol. The highest BCUT2D eigenvalue weighted by atomic mass is 35.5. The predicted molar refractivity (Wildman–Crippen MR) is 63.4 cm³/mol. The highest BCUT2D eigenvalue weighted by Crippen LogP contribution is 2.33. The van der Waals surface area contributed by atoms with Gasteiger partial charge in [-0.1, -0.05) is 23.7 Å². The molecule has 0 aliphatic rings. The van der Waals surface area contributed by atoms with E-state index in [0.29, 0.717) is 5.56 Å². The van der Waals surface area contributed by atoms with Crippen LogP contribution in [0.3, 0.4) is 0 Å². The Balaban J connectivity index is 2.61. The molecule has 0 bridgehead atoms. The van der Waals surface area contributed by atoms with Crippen molar-refractivity contribution in [2.75, 3.05) is 7.11 Å². The quantitative estimate of drug-likeness (QED) is 0.777. The summed E-state index contributed by atoms with van der Waals surface area (Å²) in [6.45, 7) is 0. The second-order valence-corrected chi connectivity index (χ2v) is 3.85. The molecule has 0 saturated heterocycles. The largest absolute Gasteiger partial charge is 0.494 e. The summed E-state index contributed by atoms with van der Waals surface area (Å²) in [6.07, 6.45) is 0. The van der Waals surface area contributed by atoms with Crippen molar-refractivity contribution in [3.8, 4) is 16.9 Å². The second kappa shape index (κ2) is 4.72. The topological polar surface area (TPSA) is 9.23 Å². The van der Waals surface area contributed by atoms with E-state index in [-0.39, 0.29) is 16.3 Å². The Kier molecular flexibility index (Phi) is 3.29. The third-order valence-electron chi connectivity index (χ3n) is 2.40. The maximum atomic E-state index is 13.7. The predicted octanol–water partition coefficient (Wildman–Crippen LogP) is 4.29. The molecule has 0 unspecified atom stereocenters. The van der Waals surface area contributed by atoms with Crippen LogP contribution in [0.4, 0.5) is 8.78 Å². The zero-order valence-corrected chi connectivity index (χ0v) is 9.76. The van der Waals surface area contributed by atoms with Crippen LogP contribution < -0.4 is 4.74 Å². The standard InChI is InChI=1S/C13H9ClF2O/c1-17-12-7-8(5-6-10(12)15)13-9(14)3-2-4-11(13)16/h2-7H,1H3. The number of rotatable bonds is 2. The van der Waals surface area contributed by atoms with Crippen LogP contribution in [0.25, 0.3) is 11.1 Å². The zero-order valence-electron chi connectivity index (χ0n) is 9.01. The summed E-state index contributed by atoms with van der Waals surface area (Å²) in [7, 11) is 1.35. The van der Waals surface area contributed by atoms with Crippen LogP contribution in [0.1, 0.15) is 0 Å². The number of hydrogen-bond acceptors (Lipinski definition) is 1. The van der Waals surface area contributed by atoms with Gasteiger partial charge in [-0.05, 0) is 29.8 Å². The molecule has 17 heavy (non-hydrogen) atoms. The van der Waals surface area contributed by atoms with E-state index in [1.54, 1.807) is 6.07 Å². The van der Waals surface area contributed by atoms with Gasteiger partial charge in [0.1, 0.15) is 5.82 Å². The van der Waals surface area contributed by atoms with E-state index in [1.807, 2.05) is 0 Å². The Bertz CT molecular complexity index is 535. The molecule has 0 amide bonds. The lowest BCUT2D eigenvalue weighted by Crippen LogP contribution is -1.91. The van der Waals surface area contributed by atoms with Crippen LogP contribution in [-0.4, -0.2) is 7.11 Å². The van der Waals surface area contributed by atoms with Crippen molar-refractivity contribution in [3.63, 3.8) is 0 Å². The molecular weight excluding hydrogens is 246 g/mol. The van der Waals surface area contributed by atoms with Gasteiger partial charge in [-0.3, -0.25) is 0 Å². The molecule has 0 aliphatic heterocycles. The summed E-state index contributed by atoms with van der Waals surface area (Å²) in [5, 5.41) is 0.277. The summed E-state index contributed by atoms with van der Waals surface area (Å²) >= 11 is 5.92. The Morgan fingerprint density at radius 1 is 1.06 bits per heavy atom. The summed E-state index contributed by atoms with van der Waals surface area (Å²) in [4.78, 5) is 0. The Hall–Kier alpha value is -1.61. The van der Waals surface area contributed by atoms with Gasteiger partial charge in [0.25, 0.3) is 0 Å². The average Bonchev–Trinajstić information content (AvgIpc) is 2.31. The number of benzene rings is 2. The summed E-state index contributed by atoms with van der Waals surface area (Å²) in [5.74, 6) is -0.892. The minimum absolute atomic E-state index is 0.0572. The normalized spacial score (nSPS) is 10.4. The molecule has 0 aliphatic carbocycles. The molecule has 0 atom stereocenters. The first-order chi connectivity index (χ1) is 8.13. The molecule has 2 aromatic rings. The fourth-order valence-corrected chi connectivity index (χ4v) is 1.86. The van der Waals surface area contributed by atoms with Gasteiger partial charge in [0.05, 0.1) is 12.1 Å². The maximum absolute atomic E-state index is 13.7. The minimum Gasteiger partial charge on any atom is -0.494 e. The van der Waals surface area contributed by atoms with Gasteiger partial charge in [0.15, 0.2) is 11.6 Å². The molecular formula is C13H9ClF2O. The van der Waals surface area contributed by atoms with Crippen LogP contribution in [0, 0.1) is 11.6 Å². The fourth-order valence-electron chi connectivity index (χ4n) is 1.59. The molecule has 0 heterocycles. The van der Waals surface area contributed by atoms with Crippen LogP contribution in [-0.2, 0) is 0 Å². The molecule has 0 radical (unpaired) electrons. The van der Waals surface area contributed by atoms with Gasteiger partial charge >= 0.3 is 0 Å². The first-order valence-corrected chi connectivity index (χ1v) is 5.29. The van der Waals surface area contributed by atoms with Gasteiger partial charge in [0, 0.05) is 5.56 Å². The number of methoxy groups -OCH3 is 1. The van der Waals surface area contributed by atoms with Crippen molar-refractivity contribution in [2.24, 2.45) is 0 Å². The van der Waals surface area contributed by atoms with Crippen LogP contribution in [0.5, 0.6) is 5.75 Å². The number of halogens is 3. The van der Waals surface area contributed by atoms with Crippen molar-refractivity contribution < 1.29 is 13.5 Å². The Morgan fingerprint density at radius 2 is 1.82 bits per heavy atom. The van der Waals surface area contributed by atoms with E-state index in [4.69, 9.17) is 16.3 Å². The van der Waals surface area contributed by atoms with Crippen molar-refractivity contribution in [3.05, 3.63) is 53.1 Å². The maximum Gasteiger partial charge on any atom is 0.165 e. The molecule has 0 saturated carbocycles. The Morgan fingerprint density at radius 3 is 2.47 bits per heavy atom. The van der Waals surface area contributed by atoms with E-state index >= 15 is 0 Å². The van der Waals surface area contributed by atoms with Crippen LogP contribution in [0.15, 0.2) is 36.4 Å². The highest BCUT2D eigenvalue weighted by Gasteiger charge is 2.12. The molecule has 88 valence electrons. The van der Waals surface area contributed by atoms with Gasteiger partial charge in [0.2, 0.25) is 0 Å². The van der Waals surface area contributed by atoms with Crippen LogP contribution >= 0.6 is 11.6 Å². The highest BCUT2D eigenvalue weighted by molar-refractivity contribution is 6.33. The average molecular weight is 255 g/mol. The SMILES string of the molecule is COc1cc(-c2c(F)cccc2Cl)ccc1F. The van der Waals surface area contributed by atoms with Crippen LogP contribution in [0.2, 0.25) is 5.02 Å². The molecule has 0 aromatic heterocycles. The zero-order chi connectivity index (χ0) is 12.4. The van der Waals surface area contributed by atoms with Crippen molar-refractivity contribution in [1.29, 1.82) is 0 Å². The number of hydrogen-bond donors (Lipinski definition) is 0. The molecule has 0 fully saturated rings. The lowest BCUT2D eigenvalue weighted by molar-refractivity contribution is 0.387. The molecule has 4 heteroatoms. The van der Waals surface area contributed by atoms with E-state index in [9.17, 15) is 8.78 Å². The lowest BCUT2D eigenvalue weighted by atomic mass is 10.0. The lowest BCUT2D eigenvalue weighted by Gasteiger charge is -2.08. The van der Waals surface area contributed by atoms with E-state index < -0.39 is 11.6 Å². The van der Waals surface area contributed by atoms with Gasteiger partial charge in [-0.25, -0.2) is 8.78 Å². The second-order valence-electron chi connectivity index (χ2n) is 3.45. The van der Waals surface area contributed by atoms with Crippen molar-refractivity contribution in [1.82, 2.24) is 0 Å². The molecule has 2 rings (SSSR count). The summed E-state index contributed by atoms with van der Waals surface area (Å²) in [6, 6.07) is 8.49. The Labute approximate surface area is 103 Å². The minimum atomic E-state index is -0.497. The smallest absolute Gasteiger partial charge is 0.165 e. The van der Waals surface area contributed by atoms with Gasteiger partial charge in [-0.2, -0.15) is 0 Å². The third kappa shape index (κ3) is 2.24. The van der Waals surface area contributed by atoms with E-state index in [2.05, 4.69) is 0 Å². The molecule has 1 nitrogen and oxygen atoms in total. The van der Waals surface area contributed by atoms with Gasteiger partial charge < -0.3 is 4.74 Å².